The average Bonchev–Trinajstić information content (AvgIpc) is 3.42. The van der Waals surface area contributed by atoms with Crippen LogP contribution in [0.3, 0.4) is 0 Å². The van der Waals surface area contributed by atoms with Gasteiger partial charge in [-0.1, -0.05) is 11.2 Å². The van der Waals surface area contributed by atoms with Crippen LogP contribution < -0.4 is 0 Å². The minimum atomic E-state index is -0.457. The van der Waals surface area contributed by atoms with Crippen LogP contribution >= 0.6 is 0 Å². The maximum absolute atomic E-state index is 13.0. The predicted molar refractivity (Wildman–Crippen MR) is 112 cm³/mol. The Kier molecular flexibility index (Phi) is 4.99. The summed E-state index contributed by atoms with van der Waals surface area (Å²) in [6.45, 7) is 5.36. The summed E-state index contributed by atoms with van der Waals surface area (Å²) in [4.78, 5) is 23.3. The molecule has 0 spiro atoms. The highest BCUT2D eigenvalue weighted by molar-refractivity contribution is 5.90. The molecule has 0 radical (unpaired) electrons. The molecule has 8 nitrogen and oxygen atoms in total. The van der Waals surface area contributed by atoms with Crippen molar-refractivity contribution in [2.75, 3.05) is 19.7 Å². The molecule has 0 bridgehead atoms. The van der Waals surface area contributed by atoms with E-state index in [2.05, 4.69) is 21.2 Å². The highest BCUT2D eigenvalue weighted by Crippen LogP contribution is 2.28. The van der Waals surface area contributed by atoms with Crippen molar-refractivity contribution in [1.29, 1.82) is 0 Å². The van der Waals surface area contributed by atoms with Gasteiger partial charge in [0.1, 0.15) is 5.58 Å². The van der Waals surface area contributed by atoms with Crippen molar-refractivity contribution in [2.24, 2.45) is 0 Å². The van der Waals surface area contributed by atoms with Gasteiger partial charge in [-0.15, -0.1) is 0 Å². The summed E-state index contributed by atoms with van der Waals surface area (Å²) in [6, 6.07) is 7.77. The van der Waals surface area contributed by atoms with E-state index in [0.717, 1.165) is 33.2 Å². The maximum Gasteiger partial charge on any atom is 0.257 e. The Morgan fingerprint density at radius 2 is 2.19 bits per heavy atom. The van der Waals surface area contributed by atoms with Crippen LogP contribution in [0.25, 0.3) is 22.4 Å². The summed E-state index contributed by atoms with van der Waals surface area (Å²) in [7, 11) is 0. The maximum atomic E-state index is 13.0. The fourth-order valence-corrected chi connectivity index (χ4v) is 4.03. The number of fused-ring (bicyclic) bond motifs is 1. The number of carbonyl (C=O) groups excluding carboxylic acids is 1. The fourth-order valence-electron chi connectivity index (χ4n) is 4.03. The number of carbonyl (C=O) groups is 1. The smallest absolute Gasteiger partial charge is 0.257 e. The van der Waals surface area contributed by atoms with Gasteiger partial charge in [0, 0.05) is 35.5 Å². The van der Waals surface area contributed by atoms with Crippen LogP contribution in [0.5, 0.6) is 0 Å². The number of rotatable bonds is 4. The monoisotopic (exact) mass is 418 g/mol. The second kappa shape index (κ2) is 7.96. The lowest BCUT2D eigenvalue weighted by Gasteiger charge is -2.31. The molecule has 158 valence electrons. The molecule has 1 fully saturated rings. The first kappa shape index (κ1) is 19.4. The molecule has 1 aliphatic heterocycles. The SMILES string of the molecule is Cc1cc(C)c2c(CC(=O)N3CCO[C@H](c4nc(-c5cccnc5)no4)C3)coc2c1. The fraction of sp³-hybridized carbons (Fsp3) is 0.304. The van der Waals surface area contributed by atoms with Crippen LogP contribution in [0.4, 0.5) is 0 Å². The van der Waals surface area contributed by atoms with E-state index in [1.165, 1.54) is 0 Å². The molecule has 5 rings (SSSR count). The highest BCUT2D eigenvalue weighted by atomic mass is 16.5. The van der Waals surface area contributed by atoms with Crippen LogP contribution in [0.1, 0.15) is 28.7 Å². The summed E-state index contributed by atoms with van der Waals surface area (Å²) in [5.74, 6) is 0.824. The number of nitrogens with zero attached hydrogens (tertiary/aromatic N) is 4. The van der Waals surface area contributed by atoms with Gasteiger partial charge in [0.15, 0.2) is 6.10 Å². The number of furan rings is 1. The minimum absolute atomic E-state index is 0.0166. The molecule has 31 heavy (non-hydrogen) atoms. The van der Waals surface area contributed by atoms with Crippen LogP contribution in [0.2, 0.25) is 0 Å². The number of amides is 1. The molecule has 4 aromatic rings. The second-order valence-corrected chi connectivity index (χ2v) is 7.79. The van der Waals surface area contributed by atoms with Crippen molar-refractivity contribution < 1.29 is 18.5 Å². The van der Waals surface area contributed by atoms with Crippen LogP contribution in [0, 0.1) is 13.8 Å². The van der Waals surface area contributed by atoms with Crippen LogP contribution in [-0.4, -0.2) is 45.6 Å². The first-order chi connectivity index (χ1) is 15.1. The Balaban J connectivity index is 1.31. The minimum Gasteiger partial charge on any atom is -0.464 e. The lowest BCUT2D eigenvalue weighted by atomic mass is 10.0. The average molecular weight is 418 g/mol. The van der Waals surface area contributed by atoms with Crippen molar-refractivity contribution in [1.82, 2.24) is 20.0 Å². The van der Waals surface area contributed by atoms with E-state index < -0.39 is 6.10 Å². The van der Waals surface area contributed by atoms with E-state index in [4.69, 9.17) is 13.7 Å². The van der Waals surface area contributed by atoms with Gasteiger partial charge in [0.2, 0.25) is 11.7 Å². The Labute approximate surface area is 178 Å². The number of benzene rings is 1. The van der Waals surface area contributed by atoms with Crippen LogP contribution in [-0.2, 0) is 16.0 Å². The molecule has 0 N–H and O–H groups in total. The molecule has 4 heterocycles. The second-order valence-electron chi connectivity index (χ2n) is 7.79. The van der Waals surface area contributed by atoms with E-state index in [-0.39, 0.29) is 12.3 Å². The number of hydrogen-bond acceptors (Lipinski definition) is 7. The van der Waals surface area contributed by atoms with E-state index >= 15 is 0 Å². The zero-order valence-corrected chi connectivity index (χ0v) is 17.4. The largest absolute Gasteiger partial charge is 0.464 e. The molecule has 1 amide bonds. The molecular formula is C23H22N4O4. The van der Waals surface area contributed by atoms with Gasteiger partial charge in [0.25, 0.3) is 5.89 Å². The van der Waals surface area contributed by atoms with Gasteiger partial charge >= 0.3 is 0 Å². The number of morpholine rings is 1. The number of aryl methyl sites for hydroxylation is 2. The summed E-state index contributed by atoms with van der Waals surface area (Å²) in [6.07, 6.45) is 4.86. The Morgan fingerprint density at radius 3 is 3.03 bits per heavy atom. The molecule has 0 saturated carbocycles. The van der Waals surface area contributed by atoms with Gasteiger partial charge in [-0.2, -0.15) is 4.98 Å². The van der Waals surface area contributed by atoms with E-state index in [9.17, 15) is 4.79 Å². The quantitative estimate of drug-likeness (QED) is 0.499. The third-order valence-electron chi connectivity index (χ3n) is 5.49. The highest BCUT2D eigenvalue weighted by Gasteiger charge is 2.30. The van der Waals surface area contributed by atoms with Crippen molar-refractivity contribution >= 4 is 16.9 Å². The molecule has 1 saturated heterocycles. The van der Waals surface area contributed by atoms with Gasteiger partial charge < -0.3 is 18.6 Å². The first-order valence-corrected chi connectivity index (χ1v) is 10.2. The molecule has 3 aromatic heterocycles. The number of aromatic nitrogens is 3. The third-order valence-corrected chi connectivity index (χ3v) is 5.49. The Hall–Kier alpha value is -3.52. The molecule has 0 unspecified atom stereocenters. The Bertz CT molecular complexity index is 1230. The standard InChI is InChI=1S/C23H22N4O4/c1-14-8-15(2)21-17(13-30-18(21)9-14)10-20(28)27-6-7-29-19(12-27)23-25-22(26-31-23)16-4-3-5-24-11-16/h3-5,8-9,11,13,19H,6-7,10,12H2,1-2H3/t19-/m0/s1. The Morgan fingerprint density at radius 1 is 1.29 bits per heavy atom. The number of pyridine rings is 1. The third kappa shape index (κ3) is 3.82. The summed E-state index contributed by atoms with van der Waals surface area (Å²) in [5, 5.41) is 5.04. The molecule has 0 aliphatic carbocycles. The van der Waals surface area contributed by atoms with Crippen molar-refractivity contribution in [3.8, 4) is 11.4 Å². The molecule has 1 aliphatic rings. The van der Waals surface area contributed by atoms with E-state index in [1.54, 1.807) is 23.6 Å². The summed E-state index contributed by atoms with van der Waals surface area (Å²) in [5.41, 5.74) is 4.73. The summed E-state index contributed by atoms with van der Waals surface area (Å²) < 4.78 is 16.9. The topological polar surface area (TPSA) is 94.5 Å². The zero-order valence-electron chi connectivity index (χ0n) is 17.4. The van der Waals surface area contributed by atoms with Crippen molar-refractivity contribution in [3.05, 3.63) is 65.5 Å². The zero-order chi connectivity index (χ0) is 21.4. The van der Waals surface area contributed by atoms with E-state index in [0.29, 0.717) is 31.4 Å². The number of ether oxygens (including phenoxy) is 1. The van der Waals surface area contributed by atoms with Crippen molar-refractivity contribution in [2.45, 2.75) is 26.4 Å². The van der Waals surface area contributed by atoms with Crippen LogP contribution in [0.15, 0.2) is 51.9 Å². The molecule has 1 aromatic carbocycles. The van der Waals surface area contributed by atoms with Gasteiger partial charge in [-0.3, -0.25) is 9.78 Å². The predicted octanol–water partition coefficient (Wildman–Crippen LogP) is 3.64. The normalized spacial score (nSPS) is 16.7. The lowest BCUT2D eigenvalue weighted by Crippen LogP contribution is -2.43. The lowest BCUT2D eigenvalue weighted by molar-refractivity contribution is -0.139. The first-order valence-electron chi connectivity index (χ1n) is 10.2. The van der Waals surface area contributed by atoms with Gasteiger partial charge in [-0.25, -0.2) is 0 Å². The van der Waals surface area contributed by atoms with Crippen molar-refractivity contribution in [3.63, 3.8) is 0 Å². The number of hydrogen-bond donors (Lipinski definition) is 0. The van der Waals surface area contributed by atoms with Gasteiger partial charge in [0.05, 0.1) is 25.8 Å². The van der Waals surface area contributed by atoms with E-state index in [1.807, 2.05) is 32.0 Å². The molecule has 8 heteroatoms. The summed E-state index contributed by atoms with van der Waals surface area (Å²) >= 11 is 0. The molecular weight excluding hydrogens is 396 g/mol. The molecule has 1 atom stereocenters. The van der Waals surface area contributed by atoms with Gasteiger partial charge in [-0.05, 0) is 43.2 Å².